The average Bonchev–Trinajstić information content (AvgIpc) is 2.27. The maximum absolute atomic E-state index is 12.5. The molecule has 1 unspecified atom stereocenters. The number of alkyl halides is 3. The van der Waals surface area contributed by atoms with Crippen LogP contribution >= 0.6 is 0 Å². The number of nitrogens with one attached hydrogen (secondary N) is 1. The van der Waals surface area contributed by atoms with Gasteiger partial charge in [0, 0.05) is 12.6 Å². The van der Waals surface area contributed by atoms with Gasteiger partial charge in [-0.05, 0) is 19.4 Å². The van der Waals surface area contributed by atoms with Crippen molar-refractivity contribution in [2.75, 3.05) is 11.9 Å². The van der Waals surface area contributed by atoms with Crippen LogP contribution in [0.25, 0.3) is 0 Å². The number of pyridine rings is 1. The van der Waals surface area contributed by atoms with Crippen molar-refractivity contribution in [2.24, 2.45) is 0 Å². The monoisotopic (exact) mass is 279 g/mol. The number of aromatic nitrogens is 1. The van der Waals surface area contributed by atoms with E-state index in [1.54, 1.807) is 6.92 Å². The van der Waals surface area contributed by atoms with E-state index < -0.39 is 28.5 Å². The van der Waals surface area contributed by atoms with Gasteiger partial charge in [0.2, 0.25) is 0 Å². The molecule has 9 heteroatoms. The Hall–Kier alpha value is -1.90. The highest BCUT2D eigenvalue weighted by Gasteiger charge is 2.34. The van der Waals surface area contributed by atoms with Crippen LogP contribution in [-0.4, -0.2) is 27.7 Å². The summed E-state index contributed by atoms with van der Waals surface area (Å²) in [5.74, 6) is 0. The lowest BCUT2D eigenvalue weighted by Crippen LogP contribution is -2.18. The van der Waals surface area contributed by atoms with E-state index in [-0.39, 0.29) is 18.7 Å². The van der Waals surface area contributed by atoms with Gasteiger partial charge in [0.05, 0.1) is 4.92 Å². The quantitative estimate of drug-likeness (QED) is 0.637. The molecule has 0 aromatic carbocycles. The largest absolute Gasteiger partial charge is 0.433 e. The predicted octanol–water partition coefficient (Wildman–Crippen LogP) is 2.19. The molecule has 0 bridgehead atoms. The van der Waals surface area contributed by atoms with Crippen LogP contribution in [0.5, 0.6) is 0 Å². The maximum Gasteiger partial charge on any atom is 0.433 e. The van der Waals surface area contributed by atoms with E-state index in [9.17, 15) is 23.3 Å². The number of aliphatic hydroxyl groups is 1. The maximum atomic E-state index is 12.5. The summed E-state index contributed by atoms with van der Waals surface area (Å²) in [5.41, 5.74) is -2.03. The molecule has 0 saturated carbocycles. The summed E-state index contributed by atoms with van der Waals surface area (Å²) in [4.78, 5) is 12.9. The van der Waals surface area contributed by atoms with Gasteiger partial charge in [-0.1, -0.05) is 0 Å². The van der Waals surface area contributed by atoms with Crippen molar-refractivity contribution >= 4 is 11.4 Å². The molecule has 0 fully saturated rings. The highest BCUT2D eigenvalue weighted by Crippen LogP contribution is 2.33. The summed E-state index contributed by atoms with van der Waals surface area (Å²) < 4.78 is 37.5. The molecule has 0 aliphatic rings. The summed E-state index contributed by atoms with van der Waals surface area (Å²) >= 11 is 0. The smallest absolute Gasteiger partial charge is 0.396 e. The zero-order valence-corrected chi connectivity index (χ0v) is 9.94. The third-order valence-electron chi connectivity index (χ3n) is 2.33. The Labute approximate surface area is 106 Å². The second-order valence-corrected chi connectivity index (χ2v) is 3.90. The molecule has 1 aromatic heterocycles. The molecule has 0 aliphatic heterocycles. The third kappa shape index (κ3) is 4.05. The van der Waals surface area contributed by atoms with E-state index in [2.05, 4.69) is 10.3 Å². The number of halogens is 3. The fourth-order valence-electron chi connectivity index (χ4n) is 1.40. The van der Waals surface area contributed by atoms with Gasteiger partial charge in [-0.25, -0.2) is 4.98 Å². The van der Waals surface area contributed by atoms with E-state index >= 15 is 0 Å². The van der Waals surface area contributed by atoms with Gasteiger partial charge in [0.25, 0.3) is 0 Å². The summed E-state index contributed by atoms with van der Waals surface area (Å²) in [7, 11) is 0. The zero-order chi connectivity index (χ0) is 14.6. The zero-order valence-electron chi connectivity index (χ0n) is 9.94. The van der Waals surface area contributed by atoms with Crippen LogP contribution in [0.1, 0.15) is 19.0 Å². The van der Waals surface area contributed by atoms with Crippen LogP contribution in [0.4, 0.5) is 24.5 Å². The standard InChI is InChI=1S/C10H12F3N3O3/c1-6(2-3-17)15-7-4-9(10(11,12)13)14-5-8(7)16(18)19/h4-6,17H,2-3H2,1H3,(H,14,15). The fourth-order valence-corrected chi connectivity index (χ4v) is 1.40. The van der Waals surface area contributed by atoms with Crippen LogP contribution in [0.15, 0.2) is 12.3 Å². The second-order valence-electron chi connectivity index (χ2n) is 3.90. The van der Waals surface area contributed by atoms with Gasteiger partial charge >= 0.3 is 11.9 Å². The van der Waals surface area contributed by atoms with Crippen molar-refractivity contribution < 1.29 is 23.2 Å². The lowest BCUT2D eigenvalue weighted by atomic mass is 10.2. The van der Waals surface area contributed by atoms with Gasteiger partial charge in [-0.3, -0.25) is 10.1 Å². The molecule has 19 heavy (non-hydrogen) atoms. The summed E-state index contributed by atoms with van der Waals surface area (Å²) in [6.45, 7) is 1.41. The van der Waals surface area contributed by atoms with E-state index in [0.717, 1.165) is 0 Å². The minimum Gasteiger partial charge on any atom is -0.396 e. The van der Waals surface area contributed by atoms with Gasteiger partial charge in [-0.15, -0.1) is 0 Å². The SMILES string of the molecule is CC(CCO)Nc1cc(C(F)(F)F)ncc1[N+](=O)[O-]. The summed E-state index contributed by atoms with van der Waals surface area (Å²) in [6.07, 6.45) is -3.86. The van der Waals surface area contributed by atoms with Gasteiger partial charge in [0.1, 0.15) is 17.6 Å². The minimum absolute atomic E-state index is 0.181. The molecule has 6 nitrogen and oxygen atoms in total. The van der Waals surface area contributed by atoms with Crippen LogP contribution in [-0.2, 0) is 6.18 Å². The normalized spacial score (nSPS) is 13.1. The molecule has 0 aliphatic carbocycles. The molecule has 1 atom stereocenters. The van der Waals surface area contributed by atoms with E-state index in [1.165, 1.54) is 0 Å². The Morgan fingerprint density at radius 1 is 1.58 bits per heavy atom. The van der Waals surface area contributed by atoms with Crippen molar-refractivity contribution in [1.29, 1.82) is 0 Å². The average molecular weight is 279 g/mol. The topological polar surface area (TPSA) is 88.3 Å². The molecule has 1 rings (SSSR count). The first kappa shape index (κ1) is 15.2. The molecular weight excluding hydrogens is 267 g/mol. The molecule has 0 saturated heterocycles. The lowest BCUT2D eigenvalue weighted by Gasteiger charge is -2.15. The van der Waals surface area contributed by atoms with Crippen LogP contribution in [0, 0.1) is 10.1 Å². The molecule has 106 valence electrons. The van der Waals surface area contributed by atoms with Crippen molar-refractivity contribution in [3.8, 4) is 0 Å². The Kier molecular flexibility index (Phi) is 4.65. The Morgan fingerprint density at radius 2 is 2.21 bits per heavy atom. The third-order valence-corrected chi connectivity index (χ3v) is 2.33. The van der Waals surface area contributed by atoms with Crippen LogP contribution < -0.4 is 5.32 Å². The number of hydrogen-bond acceptors (Lipinski definition) is 5. The first-order valence-corrected chi connectivity index (χ1v) is 5.34. The van der Waals surface area contributed by atoms with Crippen molar-refractivity contribution in [1.82, 2.24) is 4.98 Å². The van der Waals surface area contributed by atoms with Crippen molar-refractivity contribution in [3.63, 3.8) is 0 Å². The minimum atomic E-state index is -4.67. The van der Waals surface area contributed by atoms with Crippen molar-refractivity contribution in [2.45, 2.75) is 25.6 Å². The predicted molar refractivity (Wildman–Crippen MR) is 60.7 cm³/mol. The van der Waals surface area contributed by atoms with E-state index in [1.807, 2.05) is 0 Å². The first-order valence-electron chi connectivity index (χ1n) is 5.34. The molecule has 0 spiro atoms. The van der Waals surface area contributed by atoms with Gasteiger partial charge in [0.15, 0.2) is 0 Å². The Bertz CT molecular complexity index is 465. The number of rotatable bonds is 5. The fraction of sp³-hybridized carbons (Fsp3) is 0.500. The summed E-state index contributed by atoms with van der Waals surface area (Å²) in [5, 5.41) is 22.0. The van der Waals surface area contributed by atoms with Crippen molar-refractivity contribution in [3.05, 3.63) is 28.1 Å². The van der Waals surface area contributed by atoms with Crippen LogP contribution in [0.2, 0.25) is 0 Å². The lowest BCUT2D eigenvalue weighted by molar-refractivity contribution is -0.384. The molecule has 2 N–H and O–H groups in total. The summed E-state index contributed by atoms with van der Waals surface area (Å²) in [6, 6.07) is 0.179. The molecule has 1 heterocycles. The number of aliphatic hydroxyl groups excluding tert-OH is 1. The molecule has 0 radical (unpaired) electrons. The molecule has 1 aromatic rings. The number of nitro groups is 1. The first-order chi connectivity index (χ1) is 8.75. The van der Waals surface area contributed by atoms with E-state index in [4.69, 9.17) is 5.11 Å². The number of anilines is 1. The highest BCUT2D eigenvalue weighted by molar-refractivity contribution is 5.61. The van der Waals surface area contributed by atoms with Gasteiger partial charge in [-0.2, -0.15) is 13.2 Å². The second kappa shape index (κ2) is 5.83. The number of hydrogen-bond donors (Lipinski definition) is 2. The molecule has 0 amide bonds. The van der Waals surface area contributed by atoms with E-state index in [0.29, 0.717) is 12.3 Å². The molecular formula is C10H12F3N3O3. The van der Waals surface area contributed by atoms with Gasteiger partial charge < -0.3 is 10.4 Å². The Balaban J connectivity index is 3.12. The Morgan fingerprint density at radius 3 is 2.68 bits per heavy atom. The highest BCUT2D eigenvalue weighted by atomic mass is 19.4. The number of nitrogens with zero attached hydrogens (tertiary/aromatic N) is 2. The van der Waals surface area contributed by atoms with Crippen LogP contribution in [0.3, 0.4) is 0 Å².